The minimum absolute atomic E-state index is 0. The van der Waals surface area contributed by atoms with E-state index in [-0.39, 0.29) is 53.8 Å². The number of ether oxygens (including phenoxy) is 3. The van der Waals surface area contributed by atoms with Gasteiger partial charge in [-0.1, -0.05) is 28.4 Å². The molecule has 0 bridgehead atoms. The Morgan fingerprint density at radius 1 is 0.732 bits per heavy atom. The number of carbonyl (C=O) groups excluding carboxylic acids is 2. The number of aryl methyl sites for hydroxylation is 4. The Bertz CT molecular complexity index is 3190. The molecule has 0 amide bonds. The summed E-state index contributed by atoms with van der Waals surface area (Å²) < 4.78 is 22.6. The van der Waals surface area contributed by atoms with E-state index < -0.39 is 12.2 Å². The predicted molar refractivity (Wildman–Crippen MR) is 274 cm³/mol. The maximum atomic E-state index is 12.9. The molecular weight excluding hydrogens is 1000 g/mol. The van der Waals surface area contributed by atoms with E-state index in [1.165, 1.54) is 7.11 Å². The van der Waals surface area contributed by atoms with Crippen molar-refractivity contribution in [1.29, 1.82) is 5.41 Å². The van der Waals surface area contributed by atoms with Crippen LogP contribution in [0.1, 0.15) is 64.5 Å². The zero-order valence-electron chi connectivity index (χ0n) is 39.9. The lowest BCUT2D eigenvalue weighted by Gasteiger charge is -2.11. The number of nitrogens with two attached hydrogens (primary N) is 2. The number of methoxy groups -OCH3 is 2. The van der Waals surface area contributed by atoms with Crippen molar-refractivity contribution < 1.29 is 33.5 Å². The monoisotopic (exact) mass is 1050 g/mol. The third-order valence-electron chi connectivity index (χ3n) is 10.2. The molecule has 0 saturated carbocycles. The number of pyridine rings is 2. The molecule has 0 aliphatic heterocycles. The topological polar surface area (TPSA) is 266 Å². The molecule has 0 saturated heterocycles. The number of aromatic nitrogens is 10. The van der Waals surface area contributed by atoms with E-state index in [0.29, 0.717) is 62.0 Å². The van der Waals surface area contributed by atoms with E-state index in [1.54, 1.807) is 110 Å². The normalized spacial score (nSPS) is 11.7. The first-order valence-electron chi connectivity index (χ1n) is 21.0. The molecule has 2 aromatic carbocycles. The number of oxime groups is 1. The highest BCUT2D eigenvalue weighted by Gasteiger charge is 2.25. The van der Waals surface area contributed by atoms with Gasteiger partial charge < -0.3 is 33.9 Å². The second-order valence-electron chi connectivity index (χ2n) is 15.1. The molecule has 25 heteroatoms. The van der Waals surface area contributed by atoms with Crippen molar-refractivity contribution in [3.05, 3.63) is 130 Å². The summed E-state index contributed by atoms with van der Waals surface area (Å²) in [6.45, 7) is 9.21. The number of halogens is 4. The number of nitrogens with one attached hydrogen (secondary N) is 1. The molecule has 8 rings (SSSR count). The maximum Gasteiger partial charge on any atom is 0.238 e. The molecule has 0 radical (unpaired) electrons. The average molecular weight is 1050 g/mol. The Labute approximate surface area is 430 Å². The highest BCUT2D eigenvalue weighted by Crippen LogP contribution is 2.26. The molecule has 71 heavy (non-hydrogen) atoms. The quantitative estimate of drug-likeness (QED) is 0.0412. The molecule has 21 nitrogen and oxygen atoms in total. The van der Waals surface area contributed by atoms with E-state index >= 15 is 0 Å². The minimum atomic E-state index is -0.935. The lowest BCUT2D eigenvalue weighted by molar-refractivity contribution is 0.0474. The Hall–Kier alpha value is -7.14. The van der Waals surface area contributed by atoms with E-state index in [1.807, 2.05) is 49.9 Å². The summed E-state index contributed by atoms with van der Waals surface area (Å²) in [5.74, 6) is 5.19. The van der Waals surface area contributed by atoms with Crippen molar-refractivity contribution >= 4 is 93.1 Å². The van der Waals surface area contributed by atoms with Crippen molar-refractivity contribution in [2.75, 3.05) is 20.8 Å². The molecule has 6 aromatic heterocycles. The summed E-state index contributed by atoms with van der Waals surface area (Å²) in [4.78, 5) is 51.9. The second-order valence-corrected chi connectivity index (χ2v) is 15.9. The fraction of sp³-hybridized carbons (Fsp3) is 0.261. The Balaban J connectivity index is 0.000000246. The first-order chi connectivity index (χ1) is 33.0. The van der Waals surface area contributed by atoms with Gasteiger partial charge in [0.05, 0.1) is 55.9 Å². The summed E-state index contributed by atoms with van der Waals surface area (Å²) in [6, 6.07) is 17.5. The molecule has 8 aromatic rings. The van der Waals surface area contributed by atoms with Crippen LogP contribution in [0.25, 0.3) is 33.2 Å². The number of hydrogen-bond acceptors (Lipinski definition) is 16. The van der Waals surface area contributed by atoms with Crippen LogP contribution in [-0.2, 0) is 28.5 Å². The zero-order valence-corrected chi connectivity index (χ0v) is 43.1. The van der Waals surface area contributed by atoms with Crippen LogP contribution in [0.4, 0.5) is 0 Å². The zero-order chi connectivity index (χ0) is 50.1. The van der Waals surface area contributed by atoms with Gasteiger partial charge in [0.1, 0.15) is 40.3 Å². The van der Waals surface area contributed by atoms with Gasteiger partial charge in [0.25, 0.3) is 0 Å². The molecule has 0 aliphatic carbocycles. The maximum absolute atomic E-state index is 12.9. The fourth-order valence-electron chi connectivity index (χ4n) is 6.67. The highest BCUT2D eigenvalue weighted by molar-refractivity contribution is 6.32. The third kappa shape index (κ3) is 13.2. The van der Waals surface area contributed by atoms with Crippen LogP contribution in [0.5, 0.6) is 11.8 Å². The van der Waals surface area contributed by atoms with Gasteiger partial charge >= 0.3 is 0 Å². The van der Waals surface area contributed by atoms with Gasteiger partial charge in [-0.15, -0.1) is 24.8 Å². The number of imidazole rings is 2. The van der Waals surface area contributed by atoms with Gasteiger partial charge in [0.15, 0.2) is 11.9 Å². The minimum Gasteiger partial charge on any atom is -0.479 e. The van der Waals surface area contributed by atoms with Gasteiger partial charge in [0, 0.05) is 47.3 Å². The first kappa shape index (κ1) is 56.4. The van der Waals surface area contributed by atoms with Crippen LogP contribution in [-0.4, -0.2) is 105 Å². The summed E-state index contributed by atoms with van der Waals surface area (Å²) in [6.07, 6.45) is 5.43. The van der Waals surface area contributed by atoms with Crippen LogP contribution >= 0.6 is 48.0 Å². The molecule has 5 N–H and O–H groups in total. The van der Waals surface area contributed by atoms with E-state index in [4.69, 9.17) is 59.3 Å². The average Bonchev–Trinajstić information content (AvgIpc) is 4.14. The van der Waals surface area contributed by atoms with E-state index in [2.05, 4.69) is 40.1 Å². The molecule has 2 atom stereocenters. The van der Waals surface area contributed by atoms with E-state index in [9.17, 15) is 9.59 Å². The lowest BCUT2D eigenvalue weighted by Crippen LogP contribution is -2.24. The van der Waals surface area contributed by atoms with Crippen LogP contribution in [0, 0.1) is 19.3 Å². The van der Waals surface area contributed by atoms with Crippen LogP contribution < -0.4 is 21.1 Å². The molecule has 376 valence electrons. The van der Waals surface area contributed by atoms with Crippen molar-refractivity contribution in [3.63, 3.8) is 0 Å². The number of Topliss-reactive ketones (excluding diaryl/α,β-unsaturated/α-hetero) is 2. The van der Waals surface area contributed by atoms with Crippen molar-refractivity contribution in [2.24, 2.45) is 30.9 Å². The number of hydrogen-bond donors (Lipinski definition) is 3. The largest absolute Gasteiger partial charge is 0.479 e. The Morgan fingerprint density at radius 2 is 1.18 bits per heavy atom. The molecule has 0 fully saturated rings. The lowest BCUT2D eigenvalue weighted by atomic mass is 10.1. The van der Waals surface area contributed by atoms with Crippen molar-refractivity contribution in [3.8, 4) is 23.1 Å². The Morgan fingerprint density at radius 3 is 1.61 bits per heavy atom. The number of rotatable bonds is 14. The molecular formula is C46H52Cl4N14O7. The number of ketones is 2. The fourth-order valence-corrected chi connectivity index (χ4v) is 7.01. The number of fused-ring (bicyclic) bond motifs is 2. The highest BCUT2D eigenvalue weighted by atomic mass is 35.5. The van der Waals surface area contributed by atoms with Gasteiger partial charge in [-0.2, -0.15) is 10.2 Å². The standard InChI is InChI=1S/C22H22ClN7O3.C13H16N4O2.C11H12ClN3O2.2ClH/c1-12-10-30(11-25-12)18-8-6-16(26-22(18)32-4)21(24)28-33-13(2)20(31)19-15-9-14(23)5-7-17(15)29(3)27-19;1-4-19-12(14)10-5-6-11(13(16-10)18-3)17-7-9(2)15-8-17;1-6(17-13)11(16)10-8-5-7(12)3-4-9(8)15(2)14-10;;/h5-11,13H,1-4H3,(H2,24,28);5-8,14H,4H2,1-3H3;3-6H,13H2,1-2H3;2*1H. The van der Waals surface area contributed by atoms with Gasteiger partial charge in [-0.25, -0.2) is 25.8 Å². The summed E-state index contributed by atoms with van der Waals surface area (Å²) in [5.41, 5.74) is 12.3. The van der Waals surface area contributed by atoms with Gasteiger partial charge in [-0.3, -0.25) is 29.2 Å². The summed E-state index contributed by atoms with van der Waals surface area (Å²) in [7, 11) is 6.57. The number of nitrogens with zero attached hydrogens (tertiary/aromatic N) is 11. The third-order valence-corrected chi connectivity index (χ3v) is 10.6. The van der Waals surface area contributed by atoms with Gasteiger partial charge in [0.2, 0.25) is 29.2 Å². The summed E-state index contributed by atoms with van der Waals surface area (Å²) in [5, 5.41) is 22.5. The van der Waals surface area contributed by atoms with Crippen LogP contribution in [0.3, 0.4) is 0 Å². The molecule has 2 unspecified atom stereocenters. The SMILES string of the molecule is CC(ON)C(=O)c1nn(C)c2ccc(Cl)cc12.CCOC(=N)c1ccc(-n2cnc(C)c2)c(OC)n1.COc1nc(/C(N)=N/OC(C)C(=O)c2nn(C)c3ccc(Cl)cc23)ccc1-n1cnc(C)c1.Cl.Cl. The van der Waals surface area contributed by atoms with E-state index in [0.717, 1.165) is 28.1 Å². The molecule has 0 aliphatic rings. The molecule has 0 spiro atoms. The van der Waals surface area contributed by atoms with Crippen LogP contribution in [0.15, 0.2) is 90.9 Å². The van der Waals surface area contributed by atoms with Crippen molar-refractivity contribution in [2.45, 2.75) is 46.8 Å². The first-order valence-corrected chi connectivity index (χ1v) is 21.8. The molecule has 6 heterocycles. The van der Waals surface area contributed by atoms with Gasteiger partial charge in [-0.05, 0) is 95.3 Å². The van der Waals surface area contributed by atoms with Crippen molar-refractivity contribution in [1.82, 2.24) is 48.6 Å². The number of amidine groups is 1. The second kappa shape index (κ2) is 25.1. The number of benzene rings is 2. The number of carbonyl (C=O) groups is 2. The summed E-state index contributed by atoms with van der Waals surface area (Å²) >= 11 is 12.0. The predicted octanol–water partition coefficient (Wildman–Crippen LogP) is 7.51. The smallest absolute Gasteiger partial charge is 0.238 e. The Kier molecular flexibility index (Phi) is 20.0. The van der Waals surface area contributed by atoms with Crippen LogP contribution in [0.2, 0.25) is 10.0 Å².